The smallest absolute Gasteiger partial charge is 0.366 e. The summed E-state index contributed by atoms with van der Waals surface area (Å²) in [5, 5.41) is 13.7. The SMILES string of the molecule is CCOC(=O)c1ccc(NC(=O)CN2C(=O)C(CC)Oc3ccc([N+](=O)[O-])nc32)cc1. The van der Waals surface area contributed by atoms with Crippen LogP contribution in [0.15, 0.2) is 36.4 Å². The van der Waals surface area contributed by atoms with Crippen LogP contribution in [0.2, 0.25) is 0 Å². The van der Waals surface area contributed by atoms with Crippen LogP contribution in [0, 0.1) is 10.1 Å². The highest BCUT2D eigenvalue weighted by molar-refractivity contribution is 6.05. The minimum Gasteiger partial charge on any atom is -0.474 e. The van der Waals surface area contributed by atoms with Crippen LogP contribution in [0.3, 0.4) is 0 Å². The number of benzene rings is 1. The number of nitrogens with zero attached hydrogens (tertiary/aromatic N) is 3. The van der Waals surface area contributed by atoms with E-state index in [1.165, 1.54) is 36.4 Å². The highest BCUT2D eigenvalue weighted by atomic mass is 16.6. The molecule has 0 radical (unpaired) electrons. The fourth-order valence-corrected chi connectivity index (χ4v) is 2.95. The van der Waals surface area contributed by atoms with Crippen molar-refractivity contribution in [1.29, 1.82) is 0 Å². The van der Waals surface area contributed by atoms with Crippen LogP contribution in [0.5, 0.6) is 5.75 Å². The van der Waals surface area contributed by atoms with E-state index >= 15 is 0 Å². The third-order valence-electron chi connectivity index (χ3n) is 4.43. The van der Waals surface area contributed by atoms with Gasteiger partial charge >= 0.3 is 11.8 Å². The zero-order valence-electron chi connectivity index (χ0n) is 16.9. The second-order valence-corrected chi connectivity index (χ2v) is 6.53. The number of ether oxygens (including phenoxy) is 2. The monoisotopic (exact) mass is 428 g/mol. The number of hydrogen-bond acceptors (Lipinski definition) is 8. The first-order valence-electron chi connectivity index (χ1n) is 9.54. The number of nitrogens with one attached hydrogen (secondary N) is 1. The fourth-order valence-electron chi connectivity index (χ4n) is 2.95. The number of amides is 2. The molecule has 11 heteroatoms. The summed E-state index contributed by atoms with van der Waals surface area (Å²) in [5.74, 6) is -1.91. The summed E-state index contributed by atoms with van der Waals surface area (Å²) in [5.41, 5.74) is 0.734. The van der Waals surface area contributed by atoms with Crippen LogP contribution >= 0.6 is 0 Å². The Bertz CT molecular complexity index is 1020. The number of carbonyl (C=O) groups is 3. The van der Waals surface area contributed by atoms with Gasteiger partial charge in [0.2, 0.25) is 5.91 Å². The van der Waals surface area contributed by atoms with Gasteiger partial charge in [-0.3, -0.25) is 14.5 Å². The van der Waals surface area contributed by atoms with Crippen LogP contribution < -0.4 is 15.0 Å². The van der Waals surface area contributed by atoms with Gasteiger partial charge in [-0.05, 0) is 53.6 Å². The van der Waals surface area contributed by atoms with E-state index in [4.69, 9.17) is 9.47 Å². The standard InChI is InChI=1S/C20H20N4O7/c1-3-14-19(26)23(18-15(31-14)9-10-16(22-18)24(28)29)11-17(25)21-13-7-5-12(6-8-13)20(27)30-4-2/h5-10,14H,3-4,11H2,1-2H3,(H,21,25). The van der Waals surface area contributed by atoms with E-state index in [1.54, 1.807) is 13.8 Å². The van der Waals surface area contributed by atoms with Crippen molar-refractivity contribution >= 4 is 35.1 Å². The van der Waals surface area contributed by atoms with Crippen molar-refractivity contribution in [2.75, 3.05) is 23.4 Å². The van der Waals surface area contributed by atoms with Gasteiger partial charge in [-0.1, -0.05) is 6.92 Å². The Morgan fingerprint density at radius 3 is 2.55 bits per heavy atom. The van der Waals surface area contributed by atoms with Crippen molar-refractivity contribution in [3.05, 3.63) is 52.1 Å². The van der Waals surface area contributed by atoms with Crippen LogP contribution in [0.4, 0.5) is 17.3 Å². The molecule has 2 heterocycles. The molecule has 0 fully saturated rings. The molecule has 162 valence electrons. The highest BCUT2D eigenvalue weighted by Gasteiger charge is 2.39. The Hall–Kier alpha value is -4.02. The zero-order chi connectivity index (χ0) is 22.5. The predicted octanol–water partition coefficient (Wildman–Crippen LogP) is 2.31. The van der Waals surface area contributed by atoms with Gasteiger partial charge in [0.05, 0.1) is 12.2 Å². The van der Waals surface area contributed by atoms with Gasteiger partial charge in [-0.25, -0.2) is 4.79 Å². The molecule has 3 rings (SSSR count). The molecule has 0 saturated heterocycles. The van der Waals surface area contributed by atoms with E-state index in [-0.39, 0.29) is 18.2 Å². The number of rotatable bonds is 7. The van der Waals surface area contributed by atoms with Crippen LogP contribution in [-0.2, 0) is 14.3 Å². The summed E-state index contributed by atoms with van der Waals surface area (Å²) in [6.45, 7) is 3.27. The maximum Gasteiger partial charge on any atom is 0.366 e. The topological polar surface area (TPSA) is 141 Å². The summed E-state index contributed by atoms with van der Waals surface area (Å²) in [6.07, 6.45) is -0.477. The molecule has 0 bridgehead atoms. The lowest BCUT2D eigenvalue weighted by Crippen LogP contribution is -2.49. The molecule has 1 unspecified atom stereocenters. The van der Waals surface area contributed by atoms with Gasteiger partial charge in [-0.2, -0.15) is 0 Å². The number of nitro groups is 1. The van der Waals surface area contributed by atoms with Crippen molar-refractivity contribution in [3.8, 4) is 5.75 Å². The first kappa shape index (κ1) is 21.7. The van der Waals surface area contributed by atoms with Crippen molar-refractivity contribution < 1.29 is 28.8 Å². The normalized spacial score (nSPS) is 15.0. The molecule has 1 N–H and O–H groups in total. The Morgan fingerprint density at radius 2 is 1.94 bits per heavy atom. The first-order chi connectivity index (χ1) is 14.8. The molecule has 1 aromatic carbocycles. The lowest BCUT2D eigenvalue weighted by atomic mass is 10.2. The number of pyridine rings is 1. The number of esters is 1. The number of hydrogen-bond donors (Lipinski definition) is 1. The molecule has 0 aliphatic carbocycles. The van der Waals surface area contributed by atoms with E-state index in [9.17, 15) is 24.5 Å². The molecular weight excluding hydrogens is 408 g/mol. The van der Waals surface area contributed by atoms with Crippen molar-refractivity contribution in [1.82, 2.24) is 4.98 Å². The first-order valence-corrected chi connectivity index (χ1v) is 9.54. The fraction of sp³-hybridized carbons (Fsp3) is 0.300. The summed E-state index contributed by atoms with van der Waals surface area (Å²) in [6, 6.07) is 8.58. The molecular formula is C20H20N4O7. The molecule has 31 heavy (non-hydrogen) atoms. The minimum atomic E-state index is -0.826. The van der Waals surface area contributed by atoms with Gasteiger partial charge in [0.1, 0.15) is 6.54 Å². The number of aromatic nitrogens is 1. The second kappa shape index (κ2) is 9.20. The molecule has 1 aliphatic rings. The third kappa shape index (κ3) is 4.77. The number of carbonyl (C=O) groups excluding carboxylic acids is 3. The van der Waals surface area contributed by atoms with E-state index in [0.717, 1.165) is 4.90 Å². The summed E-state index contributed by atoms with van der Waals surface area (Å²) >= 11 is 0. The van der Waals surface area contributed by atoms with Gasteiger partial charge in [0.15, 0.2) is 11.9 Å². The lowest BCUT2D eigenvalue weighted by molar-refractivity contribution is -0.389. The Kier molecular flexibility index (Phi) is 6.43. The quantitative estimate of drug-likeness (QED) is 0.402. The Balaban J connectivity index is 1.78. The van der Waals surface area contributed by atoms with Crippen LogP contribution in [0.25, 0.3) is 0 Å². The van der Waals surface area contributed by atoms with E-state index in [0.29, 0.717) is 17.7 Å². The summed E-state index contributed by atoms with van der Waals surface area (Å²) < 4.78 is 10.5. The maximum atomic E-state index is 12.7. The zero-order valence-corrected chi connectivity index (χ0v) is 16.9. The van der Waals surface area contributed by atoms with E-state index in [2.05, 4.69) is 10.3 Å². The average molecular weight is 428 g/mol. The van der Waals surface area contributed by atoms with Gasteiger partial charge in [-0.15, -0.1) is 0 Å². The summed E-state index contributed by atoms with van der Waals surface area (Å²) in [7, 11) is 0. The van der Waals surface area contributed by atoms with Gasteiger partial charge < -0.3 is 24.9 Å². The second-order valence-electron chi connectivity index (χ2n) is 6.53. The molecule has 1 aromatic heterocycles. The van der Waals surface area contributed by atoms with Crippen LogP contribution in [0.1, 0.15) is 30.6 Å². The molecule has 1 atom stereocenters. The number of fused-ring (bicyclic) bond motifs is 1. The highest BCUT2D eigenvalue weighted by Crippen LogP contribution is 2.34. The van der Waals surface area contributed by atoms with Crippen molar-refractivity contribution in [2.24, 2.45) is 0 Å². The predicted molar refractivity (Wildman–Crippen MR) is 109 cm³/mol. The van der Waals surface area contributed by atoms with Crippen LogP contribution in [-0.4, -0.2) is 46.9 Å². The van der Waals surface area contributed by atoms with Gasteiger partial charge in [0, 0.05) is 11.8 Å². The third-order valence-corrected chi connectivity index (χ3v) is 4.43. The molecule has 2 amide bonds. The minimum absolute atomic E-state index is 0.0864. The Labute approximate surface area is 177 Å². The Morgan fingerprint density at radius 1 is 1.23 bits per heavy atom. The molecule has 11 nitrogen and oxygen atoms in total. The van der Waals surface area contributed by atoms with E-state index < -0.39 is 41.2 Å². The molecule has 1 aliphatic heterocycles. The molecule has 2 aromatic rings. The molecule has 0 saturated carbocycles. The van der Waals surface area contributed by atoms with Gasteiger partial charge in [0.25, 0.3) is 11.7 Å². The lowest BCUT2D eigenvalue weighted by Gasteiger charge is -2.30. The van der Waals surface area contributed by atoms with E-state index in [1.807, 2.05) is 0 Å². The van der Waals surface area contributed by atoms with Crippen molar-refractivity contribution in [3.63, 3.8) is 0 Å². The average Bonchev–Trinajstić information content (AvgIpc) is 2.75. The summed E-state index contributed by atoms with van der Waals surface area (Å²) in [4.78, 5) is 52.3. The van der Waals surface area contributed by atoms with Crippen molar-refractivity contribution in [2.45, 2.75) is 26.4 Å². The maximum absolute atomic E-state index is 12.7. The largest absolute Gasteiger partial charge is 0.474 e. The molecule has 0 spiro atoms. The number of anilines is 2.